The molecule has 0 bridgehead atoms. The molecule has 1 aromatic rings. The third-order valence-corrected chi connectivity index (χ3v) is 6.75. The molecule has 8 heteroatoms. The fourth-order valence-corrected chi connectivity index (χ4v) is 4.98. The molecule has 0 atom stereocenters. The van der Waals surface area contributed by atoms with Crippen LogP contribution in [0.5, 0.6) is 0 Å². The lowest BCUT2D eigenvalue weighted by Crippen LogP contribution is -2.47. The van der Waals surface area contributed by atoms with Crippen molar-refractivity contribution < 1.29 is 9.32 Å². The predicted molar refractivity (Wildman–Crippen MR) is 114 cm³/mol. The molecule has 1 aliphatic carbocycles. The van der Waals surface area contributed by atoms with Crippen molar-refractivity contribution in [2.45, 2.75) is 52.0 Å². The Morgan fingerprint density at radius 2 is 1.96 bits per heavy atom. The van der Waals surface area contributed by atoms with E-state index in [2.05, 4.69) is 25.7 Å². The molecule has 0 aromatic carbocycles. The van der Waals surface area contributed by atoms with Gasteiger partial charge < -0.3 is 20.1 Å². The molecule has 1 saturated heterocycles. The number of aliphatic imine (C=N–C) groups is 1. The topological polar surface area (TPSA) is 82.8 Å². The van der Waals surface area contributed by atoms with Crippen molar-refractivity contribution in [1.29, 1.82) is 0 Å². The number of rotatable bonds is 5. The zero-order valence-corrected chi connectivity index (χ0v) is 18.1. The number of carbonyl (C=O) groups excluding carboxylic acids is 1. The first-order valence-corrected chi connectivity index (χ1v) is 11.5. The van der Waals surface area contributed by atoms with Gasteiger partial charge in [0.05, 0.1) is 5.69 Å². The molecule has 3 rings (SSSR count). The van der Waals surface area contributed by atoms with Gasteiger partial charge in [-0.05, 0) is 46.0 Å². The number of hydrogen-bond acceptors (Lipinski definition) is 5. The second-order valence-electron chi connectivity index (χ2n) is 7.68. The summed E-state index contributed by atoms with van der Waals surface area (Å²) in [6.07, 6.45) is 4.83. The fourth-order valence-electron chi connectivity index (χ4n) is 4.08. The minimum Gasteiger partial charge on any atom is -0.361 e. The molecule has 0 radical (unpaired) electrons. The zero-order valence-electron chi connectivity index (χ0n) is 17.3. The zero-order chi connectivity index (χ0) is 19.9. The van der Waals surface area contributed by atoms with E-state index in [9.17, 15) is 4.79 Å². The second kappa shape index (κ2) is 10.2. The van der Waals surface area contributed by atoms with E-state index in [-0.39, 0.29) is 5.92 Å². The lowest BCUT2D eigenvalue weighted by atomic mass is 9.85. The molecule has 2 fully saturated rings. The van der Waals surface area contributed by atoms with E-state index in [1.807, 2.05) is 25.6 Å². The summed E-state index contributed by atoms with van der Waals surface area (Å²) in [7, 11) is 1.80. The Balaban J connectivity index is 1.39. The maximum absolute atomic E-state index is 12.7. The quantitative estimate of drug-likeness (QED) is 0.575. The molecule has 7 nitrogen and oxygen atoms in total. The average Bonchev–Trinajstić information content (AvgIpc) is 3.05. The van der Waals surface area contributed by atoms with E-state index in [1.54, 1.807) is 7.05 Å². The van der Waals surface area contributed by atoms with Gasteiger partial charge in [0.2, 0.25) is 5.91 Å². The summed E-state index contributed by atoms with van der Waals surface area (Å²) in [6, 6.07) is 0.381. The largest absolute Gasteiger partial charge is 0.361 e. The van der Waals surface area contributed by atoms with Crippen LogP contribution in [-0.2, 0) is 11.2 Å². The van der Waals surface area contributed by atoms with Gasteiger partial charge >= 0.3 is 0 Å². The Labute approximate surface area is 172 Å². The average molecular weight is 408 g/mol. The molecular formula is C20H33N5O2S. The van der Waals surface area contributed by atoms with Gasteiger partial charge in [0.1, 0.15) is 5.76 Å². The molecule has 0 unspecified atom stereocenters. The third-order valence-electron chi connectivity index (χ3n) is 5.81. The highest BCUT2D eigenvalue weighted by molar-refractivity contribution is 7.99. The molecule has 2 N–H and O–H groups in total. The smallest absolute Gasteiger partial charge is 0.225 e. The fraction of sp³-hybridized carbons (Fsp3) is 0.750. The summed E-state index contributed by atoms with van der Waals surface area (Å²) in [5.74, 6) is 4.46. The summed E-state index contributed by atoms with van der Waals surface area (Å²) in [5, 5.41) is 10.9. The molecule has 0 spiro atoms. The first-order valence-electron chi connectivity index (χ1n) is 10.3. The van der Waals surface area contributed by atoms with Crippen LogP contribution in [0.4, 0.5) is 0 Å². The van der Waals surface area contributed by atoms with Crippen molar-refractivity contribution in [1.82, 2.24) is 20.7 Å². The predicted octanol–water partition coefficient (Wildman–Crippen LogP) is 2.13. The second-order valence-corrected chi connectivity index (χ2v) is 8.91. The number of aromatic nitrogens is 1. The lowest BCUT2D eigenvalue weighted by Gasteiger charge is -2.34. The van der Waals surface area contributed by atoms with Crippen LogP contribution in [0.2, 0.25) is 0 Å². The van der Waals surface area contributed by atoms with Gasteiger partial charge in [-0.2, -0.15) is 11.8 Å². The van der Waals surface area contributed by atoms with Crippen molar-refractivity contribution in [2.24, 2.45) is 10.9 Å². The summed E-state index contributed by atoms with van der Waals surface area (Å²) in [4.78, 5) is 19.1. The number of amides is 1. The van der Waals surface area contributed by atoms with Crippen LogP contribution < -0.4 is 10.6 Å². The van der Waals surface area contributed by atoms with Crippen LogP contribution in [0.15, 0.2) is 9.52 Å². The number of nitrogens with one attached hydrogen (secondary N) is 2. The monoisotopic (exact) mass is 407 g/mol. The highest BCUT2D eigenvalue weighted by Crippen LogP contribution is 2.27. The molecule has 1 saturated carbocycles. The van der Waals surface area contributed by atoms with Crippen molar-refractivity contribution in [3.8, 4) is 0 Å². The highest BCUT2D eigenvalue weighted by atomic mass is 32.2. The van der Waals surface area contributed by atoms with Gasteiger partial charge in [0.25, 0.3) is 0 Å². The van der Waals surface area contributed by atoms with Crippen LogP contribution in [0.3, 0.4) is 0 Å². The maximum Gasteiger partial charge on any atom is 0.225 e. The summed E-state index contributed by atoms with van der Waals surface area (Å²) >= 11 is 1.95. The minimum absolute atomic E-state index is 0.204. The van der Waals surface area contributed by atoms with Gasteiger partial charge in [-0.1, -0.05) is 5.16 Å². The first-order chi connectivity index (χ1) is 13.6. The third kappa shape index (κ3) is 5.43. The highest BCUT2D eigenvalue weighted by Gasteiger charge is 2.30. The summed E-state index contributed by atoms with van der Waals surface area (Å²) < 4.78 is 5.22. The SMILES string of the molecule is CN=C(NCCc1c(C)noc1C)NC1CCC(C(=O)N2CCSCC2)CC1. The summed E-state index contributed by atoms with van der Waals surface area (Å²) in [6.45, 7) is 6.54. The number of guanidine groups is 1. The van der Waals surface area contributed by atoms with Crippen molar-refractivity contribution in [3.63, 3.8) is 0 Å². The maximum atomic E-state index is 12.7. The molecule has 1 aromatic heterocycles. The van der Waals surface area contributed by atoms with Gasteiger partial charge in [-0.3, -0.25) is 9.79 Å². The van der Waals surface area contributed by atoms with E-state index in [0.717, 1.165) is 86.2 Å². The molecule has 1 aliphatic heterocycles. The van der Waals surface area contributed by atoms with E-state index >= 15 is 0 Å². The van der Waals surface area contributed by atoms with Crippen LogP contribution >= 0.6 is 11.8 Å². The number of aryl methyl sites for hydroxylation is 2. The van der Waals surface area contributed by atoms with Crippen LogP contribution in [0.1, 0.15) is 42.7 Å². The van der Waals surface area contributed by atoms with Crippen LogP contribution in [-0.4, -0.2) is 66.2 Å². The van der Waals surface area contributed by atoms with Gasteiger partial charge in [-0.25, -0.2) is 0 Å². The van der Waals surface area contributed by atoms with Crippen molar-refractivity contribution >= 4 is 23.6 Å². The standard InChI is InChI=1S/C20H33N5O2S/c1-14-18(15(2)27-24-14)8-9-22-20(21-3)23-17-6-4-16(5-7-17)19(26)25-10-12-28-13-11-25/h16-17H,4-13H2,1-3H3,(H2,21,22,23). The minimum atomic E-state index is 0.204. The number of nitrogens with zero attached hydrogens (tertiary/aromatic N) is 3. The molecule has 2 aliphatic rings. The lowest BCUT2D eigenvalue weighted by molar-refractivity contribution is -0.136. The molecule has 2 heterocycles. The number of hydrogen-bond donors (Lipinski definition) is 2. The van der Waals surface area contributed by atoms with Crippen LogP contribution in [0, 0.1) is 19.8 Å². The van der Waals surface area contributed by atoms with Gasteiger partial charge in [0, 0.05) is 55.7 Å². The Morgan fingerprint density at radius 3 is 2.57 bits per heavy atom. The number of thioether (sulfide) groups is 1. The van der Waals surface area contributed by atoms with Gasteiger partial charge in [0.15, 0.2) is 5.96 Å². The summed E-state index contributed by atoms with van der Waals surface area (Å²) in [5.41, 5.74) is 2.12. The molecule has 156 valence electrons. The molecule has 1 amide bonds. The van der Waals surface area contributed by atoms with Crippen molar-refractivity contribution in [2.75, 3.05) is 38.2 Å². The molecular weight excluding hydrogens is 374 g/mol. The van der Waals surface area contributed by atoms with E-state index in [0.29, 0.717) is 11.9 Å². The normalized spacial score (nSPS) is 23.5. The Hall–Kier alpha value is -1.70. The first kappa shape index (κ1) is 21.0. The van der Waals surface area contributed by atoms with Gasteiger partial charge in [-0.15, -0.1) is 0 Å². The number of carbonyl (C=O) groups is 1. The van der Waals surface area contributed by atoms with E-state index in [1.165, 1.54) is 0 Å². The van der Waals surface area contributed by atoms with E-state index in [4.69, 9.17) is 4.52 Å². The Bertz CT molecular complexity index is 657. The van der Waals surface area contributed by atoms with Crippen LogP contribution in [0.25, 0.3) is 0 Å². The molecule has 28 heavy (non-hydrogen) atoms. The Kier molecular flexibility index (Phi) is 7.65. The van der Waals surface area contributed by atoms with Crippen molar-refractivity contribution in [3.05, 3.63) is 17.0 Å². The van der Waals surface area contributed by atoms with E-state index < -0.39 is 0 Å². The Morgan fingerprint density at radius 1 is 1.25 bits per heavy atom.